The van der Waals surface area contributed by atoms with Crippen molar-refractivity contribution in [1.29, 1.82) is 0 Å². The molecule has 3 atom stereocenters. The maximum Gasteiger partial charge on any atom is 0.323 e. The summed E-state index contributed by atoms with van der Waals surface area (Å²) in [6.07, 6.45) is 1.23. The van der Waals surface area contributed by atoms with E-state index in [1.807, 2.05) is 0 Å². The Labute approximate surface area is 185 Å². The standard InChI is InChI=1S/C23H26ClFN2O4/c24-19-4-2-1-3-16(19)13-27(14-22(29)30)23(31)15-5-11-20(21(28)12-6-15)26-18-9-7-17(25)8-10-18/h1-4,7-10,15,20-21,26,28H,5-6,11-14H2,(H,29,30)/t15-,20+,21+/m1/s1. The average Bonchev–Trinajstić information content (AvgIpc) is 2.92. The van der Waals surface area contributed by atoms with E-state index < -0.39 is 24.5 Å². The molecule has 3 N–H and O–H groups in total. The van der Waals surface area contributed by atoms with Gasteiger partial charge in [-0.25, -0.2) is 4.39 Å². The molecule has 1 amide bonds. The summed E-state index contributed by atoms with van der Waals surface area (Å²) in [5.74, 6) is -2.08. The Balaban J connectivity index is 1.68. The molecule has 1 aliphatic carbocycles. The zero-order valence-electron chi connectivity index (χ0n) is 17.0. The van der Waals surface area contributed by atoms with E-state index in [1.165, 1.54) is 17.0 Å². The zero-order valence-corrected chi connectivity index (χ0v) is 17.8. The van der Waals surface area contributed by atoms with Gasteiger partial charge in [0.15, 0.2) is 0 Å². The Bertz CT molecular complexity index is 909. The monoisotopic (exact) mass is 448 g/mol. The van der Waals surface area contributed by atoms with Crippen molar-refractivity contribution in [1.82, 2.24) is 4.90 Å². The van der Waals surface area contributed by atoms with Crippen LogP contribution in [-0.2, 0) is 16.1 Å². The Morgan fingerprint density at radius 2 is 1.74 bits per heavy atom. The molecule has 6 nitrogen and oxygen atoms in total. The third kappa shape index (κ3) is 6.42. The number of aliphatic carboxylic acids is 1. The largest absolute Gasteiger partial charge is 0.480 e. The molecule has 8 heteroatoms. The maximum atomic E-state index is 13.2. The number of carboxylic acids is 1. The third-order valence-corrected chi connectivity index (χ3v) is 5.97. The van der Waals surface area contributed by atoms with Crippen LogP contribution in [0, 0.1) is 11.7 Å². The zero-order chi connectivity index (χ0) is 22.4. The third-order valence-electron chi connectivity index (χ3n) is 5.60. The highest BCUT2D eigenvalue weighted by Gasteiger charge is 2.32. The van der Waals surface area contributed by atoms with Crippen LogP contribution in [0.15, 0.2) is 48.5 Å². The lowest BCUT2D eigenvalue weighted by atomic mass is 9.98. The van der Waals surface area contributed by atoms with Gasteiger partial charge in [0.25, 0.3) is 0 Å². The molecular weight excluding hydrogens is 423 g/mol. The maximum absolute atomic E-state index is 13.2. The fraction of sp³-hybridized carbons (Fsp3) is 0.391. The number of hydrogen-bond donors (Lipinski definition) is 3. The molecule has 1 saturated carbocycles. The number of carbonyl (C=O) groups is 2. The quantitative estimate of drug-likeness (QED) is 0.558. The number of aliphatic hydroxyl groups is 1. The van der Waals surface area contributed by atoms with Crippen LogP contribution in [0.2, 0.25) is 5.02 Å². The van der Waals surface area contributed by atoms with Crippen molar-refractivity contribution >= 4 is 29.2 Å². The van der Waals surface area contributed by atoms with Crippen LogP contribution >= 0.6 is 11.6 Å². The summed E-state index contributed by atoms with van der Waals surface area (Å²) in [6, 6.07) is 12.7. The van der Waals surface area contributed by atoms with Crippen molar-refractivity contribution in [3.63, 3.8) is 0 Å². The highest BCUT2D eigenvalue weighted by Crippen LogP contribution is 2.28. The van der Waals surface area contributed by atoms with Gasteiger partial charge < -0.3 is 20.4 Å². The molecule has 0 aromatic heterocycles. The Kier molecular flexibility index (Phi) is 7.87. The SMILES string of the molecule is O=C(O)CN(Cc1ccccc1Cl)C(=O)[C@@H]1CC[C@H](Nc2ccc(F)cc2)[C@@H](O)CC1. The Morgan fingerprint density at radius 1 is 1.06 bits per heavy atom. The summed E-state index contributed by atoms with van der Waals surface area (Å²) in [5.41, 5.74) is 1.38. The molecule has 0 saturated heterocycles. The van der Waals surface area contributed by atoms with Crippen molar-refractivity contribution in [2.75, 3.05) is 11.9 Å². The summed E-state index contributed by atoms with van der Waals surface area (Å²) < 4.78 is 13.1. The Morgan fingerprint density at radius 3 is 2.42 bits per heavy atom. The van der Waals surface area contributed by atoms with E-state index >= 15 is 0 Å². The molecule has 2 aromatic carbocycles. The number of carbonyl (C=O) groups excluding carboxylic acids is 1. The molecule has 0 spiro atoms. The molecule has 2 aromatic rings. The molecule has 0 heterocycles. The van der Waals surface area contributed by atoms with Crippen LogP contribution < -0.4 is 5.32 Å². The smallest absolute Gasteiger partial charge is 0.323 e. The van der Waals surface area contributed by atoms with E-state index in [4.69, 9.17) is 11.6 Å². The van der Waals surface area contributed by atoms with Crippen LogP contribution in [0.5, 0.6) is 0 Å². The van der Waals surface area contributed by atoms with Gasteiger partial charge in [0.05, 0.1) is 12.1 Å². The summed E-state index contributed by atoms with van der Waals surface area (Å²) >= 11 is 6.20. The van der Waals surface area contributed by atoms with Crippen molar-refractivity contribution in [3.8, 4) is 0 Å². The number of nitrogens with zero attached hydrogens (tertiary/aromatic N) is 1. The highest BCUT2D eigenvalue weighted by atomic mass is 35.5. The van der Waals surface area contributed by atoms with Gasteiger partial charge in [-0.2, -0.15) is 0 Å². The van der Waals surface area contributed by atoms with Gasteiger partial charge >= 0.3 is 5.97 Å². The molecule has 1 aliphatic rings. The summed E-state index contributed by atoms with van der Waals surface area (Å²) in [6.45, 7) is -0.304. The predicted octanol–water partition coefficient (Wildman–Crippen LogP) is 3.92. The second-order valence-electron chi connectivity index (χ2n) is 7.86. The van der Waals surface area contributed by atoms with Gasteiger partial charge in [-0.1, -0.05) is 29.8 Å². The molecule has 0 unspecified atom stereocenters. The fourth-order valence-electron chi connectivity index (χ4n) is 3.93. The number of benzene rings is 2. The van der Waals surface area contributed by atoms with Crippen molar-refractivity contribution in [2.45, 2.75) is 44.4 Å². The van der Waals surface area contributed by atoms with Crippen LogP contribution in [0.4, 0.5) is 10.1 Å². The second-order valence-corrected chi connectivity index (χ2v) is 8.26. The summed E-state index contributed by atoms with van der Waals surface area (Å²) in [4.78, 5) is 25.9. The van der Waals surface area contributed by atoms with Crippen molar-refractivity contribution in [3.05, 3.63) is 64.9 Å². The van der Waals surface area contributed by atoms with Crippen LogP contribution in [-0.4, -0.2) is 45.7 Å². The van der Waals surface area contributed by atoms with Crippen LogP contribution in [0.3, 0.4) is 0 Å². The number of amides is 1. The first-order valence-electron chi connectivity index (χ1n) is 10.3. The van der Waals surface area contributed by atoms with Gasteiger partial charge in [0.1, 0.15) is 12.4 Å². The van der Waals surface area contributed by atoms with E-state index in [1.54, 1.807) is 36.4 Å². The number of anilines is 1. The molecule has 3 rings (SSSR count). The first-order valence-corrected chi connectivity index (χ1v) is 10.7. The van der Waals surface area contributed by atoms with Gasteiger partial charge in [-0.3, -0.25) is 9.59 Å². The van der Waals surface area contributed by atoms with E-state index in [2.05, 4.69) is 5.32 Å². The highest BCUT2D eigenvalue weighted by molar-refractivity contribution is 6.31. The first kappa shape index (κ1) is 23.0. The van der Waals surface area contributed by atoms with E-state index in [-0.39, 0.29) is 24.3 Å². The number of halogens is 2. The lowest BCUT2D eigenvalue weighted by Crippen LogP contribution is -2.39. The minimum Gasteiger partial charge on any atom is -0.480 e. The average molecular weight is 449 g/mol. The van der Waals surface area contributed by atoms with Gasteiger partial charge in [0.2, 0.25) is 5.91 Å². The van der Waals surface area contributed by atoms with Crippen LogP contribution in [0.25, 0.3) is 0 Å². The van der Waals surface area contributed by atoms with Crippen molar-refractivity contribution in [2.24, 2.45) is 5.92 Å². The number of nitrogens with one attached hydrogen (secondary N) is 1. The molecule has 0 radical (unpaired) electrons. The van der Waals surface area contributed by atoms with E-state index in [0.29, 0.717) is 42.0 Å². The fourth-order valence-corrected chi connectivity index (χ4v) is 4.13. The minimum absolute atomic E-state index is 0.112. The molecule has 31 heavy (non-hydrogen) atoms. The Hall–Kier alpha value is -2.64. The van der Waals surface area contributed by atoms with Gasteiger partial charge in [0, 0.05) is 23.2 Å². The number of rotatable bonds is 7. The summed E-state index contributed by atoms with van der Waals surface area (Å²) in [7, 11) is 0. The van der Waals surface area contributed by atoms with Gasteiger partial charge in [-0.05, 0) is 61.6 Å². The van der Waals surface area contributed by atoms with E-state index in [0.717, 1.165) is 0 Å². The lowest BCUT2D eigenvalue weighted by Gasteiger charge is -2.26. The van der Waals surface area contributed by atoms with Gasteiger partial charge in [-0.15, -0.1) is 0 Å². The number of aliphatic hydroxyl groups excluding tert-OH is 1. The molecular formula is C23H26ClFN2O4. The van der Waals surface area contributed by atoms with Crippen LogP contribution in [0.1, 0.15) is 31.2 Å². The topological polar surface area (TPSA) is 89.9 Å². The number of carboxylic acid groups (broad SMARTS) is 1. The molecule has 166 valence electrons. The molecule has 0 aliphatic heterocycles. The summed E-state index contributed by atoms with van der Waals surface area (Å²) in [5, 5.41) is 23.5. The van der Waals surface area contributed by atoms with E-state index in [9.17, 15) is 24.2 Å². The minimum atomic E-state index is -1.09. The van der Waals surface area contributed by atoms with Crippen molar-refractivity contribution < 1.29 is 24.2 Å². The predicted molar refractivity (Wildman–Crippen MR) is 116 cm³/mol. The molecule has 1 fully saturated rings. The lowest BCUT2D eigenvalue weighted by molar-refractivity contribution is -0.147. The molecule has 0 bridgehead atoms. The normalized spacial score (nSPS) is 21.2. The first-order chi connectivity index (χ1) is 14.8. The number of hydrogen-bond acceptors (Lipinski definition) is 4. The second kappa shape index (κ2) is 10.6.